The number of carbonyl (C=O) groups is 1. The van der Waals surface area contributed by atoms with E-state index in [4.69, 9.17) is 12.2 Å². The van der Waals surface area contributed by atoms with Crippen LogP contribution in [-0.4, -0.2) is 33.4 Å². The maximum atomic E-state index is 11.4. The van der Waals surface area contributed by atoms with Crippen molar-refractivity contribution in [1.82, 2.24) is 10.6 Å². The highest BCUT2D eigenvalue weighted by molar-refractivity contribution is 7.80. The third-order valence-electron chi connectivity index (χ3n) is 3.95. The first-order valence-corrected chi connectivity index (χ1v) is 8.01. The molecule has 4 N–H and O–H groups in total. The zero-order chi connectivity index (χ0) is 15.9. The van der Waals surface area contributed by atoms with Gasteiger partial charge in [-0.15, -0.1) is 0 Å². The third kappa shape index (κ3) is 4.68. The molecule has 22 heavy (non-hydrogen) atoms. The summed E-state index contributed by atoms with van der Waals surface area (Å²) in [6, 6.07) is 7.84. The highest BCUT2D eigenvalue weighted by Gasteiger charge is 2.29. The average Bonchev–Trinajstić information content (AvgIpc) is 2.53. The summed E-state index contributed by atoms with van der Waals surface area (Å²) < 4.78 is 0. The first kappa shape index (κ1) is 16.7. The number of carboxylic acid groups (broad SMARTS) is 1. The fourth-order valence-corrected chi connectivity index (χ4v) is 3.03. The van der Waals surface area contributed by atoms with Crippen LogP contribution in [0.5, 0.6) is 0 Å². The summed E-state index contributed by atoms with van der Waals surface area (Å²) in [6.45, 7) is 0. The molecule has 0 saturated heterocycles. The van der Waals surface area contributed by atoms with E-state index in [-0.39, 0.29) is 11.2 Å². The number of benzene rings is 1. The lowest BCUT2D eigenvalue weighted by Crippen LogP contribution is -2.51. The summed E-state index contributed by atoms with van der Waals surface area (Å²) >= 11 is 5.20. The van der Waals surface area contributed by atoms with Gasteiger partial charge in [0.1, 0.15) is 6.10 Å². The molecule has 120 valence electrons. The number of nitrogens with one attached hydrogen (secondary N) is 2. The minimum absolute atomic E-state index is 0.286. The lowest BCUT2D eigenvalue weighted by molar-refractivity contribution is -0.142. The van der Waals surface area contributed by atoms with E-state index < -0.39 is 18.1 Å². The van der Waals surface area contributed by atoms with E-state index in [0.29, 0.717) is 5.56 Å². The molecule has 6 heteroatoms. The summed E-state index contributed by atoms with van der Waals surface area (Å²) in [5.41, 5.74) is 0.544. The Kier molecular flexibility index (Phi) is 6.15. The molecule has 0 heterocycles. The molecule has 2 unspecified atom stereocenters. The van der Waals surface area contributed by atoms with E-state index in [2.05, 4.69) is 10.6 Å². The Morgan fingerprint density at radius 1 is 1.18 bits per heavy atom. The van der Waals surface area contributed by atoms with E-state index in [9.17, 15) is 15.0 Å². The van der Waals surface area contributed by atoms with Gasteiger partial charge >= 0.3 is 5.97 Å². The summed E-state index contributed by atoms with van der Waals surface area (Å²) in [6.07, 6.45) is 4.49. The van der Waals surface area contributed by atoms with Gasteiger partial charge in [0, 0.05) is 6.04 Å². The number of hydrogen-bond donors (Lipinski definition) is 4. The van der Waals surface area contributed by atoms with Crippen LogP contribution in [0.3, 0.4) is 0 Å². The summed E-state index contributed by atoms with van der Waals surface area (Å²) in [5, 5.41) is 25.8. The van der Waals surface area contributed by atoms with Crippen LogP contribution in [0, 0.1) is 0 Å². The van der Waals surface area contributed by atoms with E-state index in [1.807, 2.05) is 6.07 Å². The van der Waals surface area contributed by atoms with Crippen molar-refractivity contribution in [3.05, 3.63) is 35.9 Å². The second-order valence-corrected chi connectivity index (χ2v) is 6.03. The quantitative estimate of drug-likeness (QED) is 0.621. The van der Waals surface area contributed by atoms with Gasteiger partial charge in [-0.1, -0.05) is 49.6 Å². The average molecular weight is 322 g/mol. The number of thiocarbonyl (C=S) groups is 1. The molecule has 0 spiro atoms. The normalized spacial score (nSPS) is 18.2. The second-order valence-electron chi connectivity index (χ2n) is 5.62. The van der Waals surface area contributed by atoms with Gasteiger partial charge in [-0.05, 0) is 30.6 Å². The first-order valence-electron chi connectivity index (χ1n) is 7.61. The highest BCUT2D eigenvalue weighted by Crippen LogP contribution is 2.18. The van der Waals surface area contributed by atoms with Gasteiger partial charge in [0.15, 0.2) is 11.2 Å². The lowest BCUT2D eigenvalue weighted by atomic mass is 9.96. The fourth-order valence-electron chi connectivity index (χ4n) is 2.73. The molecule has 1 fully saturated rings. The van der Waals surface area contributed by atoms with Crippen LogP contribution in [0.1, 0.15) is 43.8 Å². The molecule has 1 aromatic carbocycles. The molecule has 1 aromatic rings. The highest BCUT2D eigenvalue weighted by atomic mass is 32.1. The van der Waals surface area contributed by atoms with Gasteiger partial charge in [0.25, 0.3) is 0 Å². The van der Waals surface area contributed by atoms with Crippen LogP contribution in [0.4, 0.5) is 0 Å². The minimum Gasteiger partial charge on any atom is -0.480 e. The third-order valence-corrected chi connectivity index (χ3v) is 4.19. The predicted molar refractivity (Wildman–Crippen MR) is 88.6 cm³/mol. The van der Waals surface area contributed by atoms with Crippen LogP contribution in [0.2, 0.25) is 0 Å². The topological polar surface area (TPSA) is 81.6 Å². The molecule has 0 aromatic heterocycles. The zero-order valence-electron chi connectivity index (χ0n) is 12.4. The smallest absolute Gasteiger partial charge is 0.329 e. The molecule has 2 rings (SSSR count). The number of aliphatic hydroxyl groups is 1. The molecular weight excluding hydrogens is 300 g/mol. The summed E-state index contributed by atoms with van der Waals surface area (Å²) in [5.74, 6) is -1.14. The molecule has 1 aliphatic carbocycles. The van der Waals surface area contributed by atoms with Crippen LogP contribution in [0.25, 0.3) is 0 Å². The SMILES string of the molecule is O=C(O)C(NC(=S)NC1CCCCC1)C(O)c1ccccc1. The zero-order valence-corrected chi connectivity index (χ0v) is 13.2. The Labute approximate surface area is 135 Å². The fraction of sp³-hybridized carbons (Fsp3) is 0.500. The minimum atomic E-state index is -1.18. The van der Waals surface area contributed by atoms with Crippen molar-refractivity contribution >= 4 is 23.3 Å². The molecule has 5 nitrogen and oxygen atoms in total. The Morgan fingerprint density at radius 3 is 2.41 bits per heavy atom. The van der Waals surface area contributed by atoms with Crippen LogP contribution in [-0.2, 0) is 4.79 Å². The van der Waals surface area contributed by atoms with Gasteiger partial charge in [0.2, 0.25) is 0 Å². The Balaban J connectivity index is 1.96. The molecule has 0 bridgehead atoms. The molecule has 1 aliphatic rings. The Hall–Kier alpha value is -1.66. The number of hydrogen-bond acceptors (Lipinski definition) is 3. The summed E-state index contributed by atoms with van der Waals surface area (Å²) in [4.78, 5) is 11.4. The van der Waals surface area contributed by atoms with E-state index in [1.165, 1.54) is 6.42 Å². The molecule has 0 amide bonds. The molecule has 2 atom stereocenters. The van der Waals surface area contributed by atoms with Crippen LogP contribution >= 0.6 is 12.2 Å². The van der Waals surface area contributed by atoms with Gasteiger partial charge in [-0.2, -0.15) is 0 Å². The van der Waals surface area contributed by atoms with Crippen molar-refractivity contribution in [3.8, 4) is 0 Å². The number of aliphatic carboxylic acids is 1. The van der Waals surface area contributed by atoms with Crippen LogP contribution < -0.4 is 10.6 Å². The van der Waals surface area contributed by atoms with Crippen molar-refractivity contribution in [3.63, 3.8) is 0 Å². The van der Waals surface area contributed by atoms with Gasteiger partial charge in [-0.3, -0.25) is 0 Å². The van der Waals surface area contributed by atoms with E-state index >= 15 is 0 Å². The van der Waals surface area contributed by atoms with Gasteiger partial charge in [-0.25, -0.2) is 4.79 Å². The van der Waals surface area contributed by atoms with E-state index in [0.717, 1.165) is 25.7 Å². The standard InChI is InChI=1S/C16H22N2O3S/c19-14(11-7-3-1-4-8-11)13(15(20)21)18-16(22)17-12-9-5-2-6-10-12/h1,3-4,7-8,12-14,19H,2,5-6,9-10H2,(H,20,21)(H2,17,18,22). The largest absolute Gasteiger partial charge is 0.480 e. The molecule has 0 radical (unpaired) electrons. The maximum absolute atomic E-state index is 11.4. The number of carboxylic acids is 1. The van der Waals surface area contributed by atoms with Crippen molar-refractivity contribution in [2.24, 2.45) is 0 Å². The monoisotopic (exact) mass is 322 g/mol. The lowest BCUT2D eigenvalue weighted by Gasteiger charge is -2.27. The Bertz CT molecular complexity index is 503. The second kappa shape index (κ2) is 8.10. The summed E-state index contributed by atoms with van der Waals surface area (Å²) in [7, 11) is 0. The van der Waals surface area contributed by atoms with Gasteiger partial charge < -0.3 is 20.8 Å². The molecule has 0 aliphatic heterocycles. The van der Waals surface area contributed by atoms with Crippen LogP contribution in [0.15, 0.2) is 30.3 Å². The maximum Gasteiger partial charge on any atom is 0.329 e. The van der Waals surface area contributed by atoms with Crippen molar-refractivity contribution in [2.45, 2.75) is 50.3 Å². The Morgan fingerprint density at radius 2 is 1.82 bits per heavy atom. The van der Waals surface area contributed by atoms with Crippen molar-refractivity contribution in [2.75, 3.05) is 0 Å². The first-order chi connectivity index (χ1) is 10.6. The van der Waals surface area contributed by atoms with E-state index in [1.54, 1.807) is 24.3 Å². The molecular formula is C16H22N2O3S. The van der Waals surface area contributed by atoms with Gasteiger partial charge in [0.05, 0.1) is 0 Å². The van der Waals surface area contributed by atoms with Crippen molar-refractivity contribution in [1.29, 1.82) is 0 Å². The molecule has 1 saturated carbocycles. The predicted octanol–water partition coefficient (Wildman–Crippen LogP) is 1.97. The number of aliphatic hydroxyl groups excluding tert-OH is 1. The number of rotatable bonds is 5. The van der Waals surface area contributed by atoms with Crippen molar-refractivity contribution < 1.29 is 15.0 Å².